The lowest BCUT2D eigenvalue weighted by molar-refractivity contribution is -0.118. The van der Waals surface area contributed by atoms with Gasteiger partial charge in [0.25, 0.3) is 5.91 Å². The third-order valence-electron chi connectivity index (χ3n) is 3.96. The Bertz CT molecular complexity index is 735. The molecule has 1 atom stereocenters. The van der Waals surface area contributed by atoms with Crippen molar-refractivity contribution in [3.05, 3.63) is 47.9 Å². The lowest BCUT2D eigenvalue weighted by atomic mass is 10.1. The first-order chi connectivity index (χ1) is 10.5. The molecule has 0 unspecified atom stereocenters. The first kappa shape index (κ1) is 14.4. The molecule has 22 heavy (non-hydrogen) atoms. The van der Waals surface area contributed by atoms with Crippen LogP contribution < -0.4 is 9.80 Å². The van der Waals surface area contributed by atoms with Gasteiger partial charge in [-0.05, 0) is 38.1 Å². The molecule has 0 saturated heterocycles. The van der Waals surface area contributed by atoms with Crippen LogP contribution in [0.1, 0.15) is 29.7 Å². The Hall–Kier alpha value is -2.56. The van der Waals surface area contributed by atoms with Crippen LogP contribution in [0.4, 0.5) is 11.4 Å². The predicted octanol–water partition coefficient (Wildman–Crippen LogP) is 2.99. The van der Waals surface area contributed by atoms with Crippen LogP contribution in [0.25, 0.3) is 0 Å². The number of hydrogen-bond acceptors (Lipinski definition) is 3. The summed E-state index contributed by atoms with van der Waals surface area (Å²) >= 11 is 0. The maximum Gasteiger partial charge on any atom is 0.294 e. The van der Waals surface area contributed by atoms with Gasteiger partial charge in [0.1, 0.15) is 5.76 Å². The Kier molecular flexibility index (Phi) is 3.48. The Morgan fingerprint density at radius 1 is 1.18 bits per heavy atom. The van der Waals surface area contributed by atoms with Crippen LogP contribution in [-0.2, 0) is 4.79 Å². The molecule has 2 amide bonds. The Balaban J connectivity index is 2.11. The van der Waals surface area contributed by atoms with Crippen LogP contribution in [0.3, 0.4) is 0 Å². The summed E-state index contributed by atoms with van der Waals surface area (Å²) in [6.07, 6.45) is 0.274. The topological polar surface area (TPSA) is 53.8 Å². The molecule has 0 saturated carbocycles. The van der Waals surface area contributed by atoms with Gasteiger partial charge in [0, 0.05) is 19.5 Å². The Morgan fingerprint density at radius 2 is 1.86 bits per heavy atom. The normalized spacial score (nSPS) is 18.1. The van der Waals surface area contributed by atoms with E-state index >= 15 is 0 Å². The first-order valence-electron chi connectivity index (χ1n) is 7.24. The maximum atomic E-state index is 12.9. The summed E-state index contributed by atoms with van der Waals surface area (Å²) in [5.74, 6) is 0.741. The molecule has 2 aromatic rings. The van der Waals surface area contributed by atoms with E-state index in [4.69, 9.17) is 4.42 Å². The average Bonchev–Trinajstić information content (AvgIpc) is 2.90. The summed E-state index contributed by atoms with van der Waals surface area (Å²) in [6.45, 7) is 3.68. The second-order valence-corrected chi connectivity index (χ2v) is 5.58. The minimum absolute atomic E-state index is 0.00845. The molecule has 0 fully saturated rings. The van der Waals surface area contributed by atoms with Crippen molar-refractivity contribution >= 4 is 23.2 Å². The molecular formula is C17H18N2O3. The van der Waals surface area contributed by atoms with Gasteiger partial charge in [0.05, 0.1) is 11.4 Å². The van der Waals surface area contributed by atoms with Gasteiger partial charge >= 0.3 is 0 Å². The number of nitrogens with zero attached hydrogens (tertiary/aromatic N) is 2. The van der Waals surface area contributed by atoms with Gasteiger partial charge in [-0.3, -0.25) is 9.59 Å². The highest BCUT2D eigenvalue weighted by molar-refractivity contribution is 6.10. The quantitative estimate of drug-likeness (QED) is 0.813. The monoisotopic (exact) mass is 298 g/mol. The lowest BCUT2D eigenvalue weighted by Crippen LogP contribution is -2.39. The highest BCUT2D eigenvalue weighted by Gasteiger charge is 2.33. The molecule has 114 valence electrons. The fourth-order valence-electron chi connectivity index (χ4n) is 2.78. The second-order valence-electron chi connectivity index (χ2n) is 5.58. The van der Waals surface area contributed by atoms with E-state index in [9.17, 15) is 9.59 Å². The SMILES string of the molecule is Cc1ccc(C(=O)N2c3ccccc3N(C)C(=O)C[C@H]2C)o1. The molecule has 0 N–H and O–H groups in total. The van der Waals surface area contributed by atoms with E-state index in [1.165, 1.54) is 0 Å². The summed E-state index contributed by atoms with van der Waals surface area (Å²) in [7, 11) is 1.74. The van der Waals surface area contributed by atoms with Gasteiger partial charge in [-0.2, -0.15) is 0 Å². The number of carbonyl (C=O) groups excluding carboxylic acids is 2. The molecule has 0 spiro atoms. The van der Waals surface area contributed by atoms with Gasteiger partial charge < -0.3 is 14.2 Å². The smallest absolute Gasteiger partial charge is 0.294 e. The molecule has 5 nitrogen and oxygen atoms in total. The fraction of sp³-hybridized carbons (Fsp3) is 0.294. The number of fused-ring (bicyclic) bond motifs is 1. The average molecular weight is 298 g/mol. The minimum Gasteiger partial charge on any atom is -0.456 e. The van der Waals surface area contributed by atoms with Gasteiger partial charge in [-0.25, -0.2) is 0 Å². The maximum absolute atomic E-state index is 12.9. The molecule has 3 rings (SSSR count). The van der Waals surface area contributed by atoms with Crippen molar-refractivity contribution in [3.63, 3.8) is 0 Å². The van der Waals surface area contributed by atoms with Crippen molar-refractivity contribution in [1.29, 1.82) is 0 Å². The van der Waals surface area contributed by atoms with E-state index in [1.54, 1.807) is 35.9 Å². The van der Waals surface area contributed by atoms with E-state index < -0.39 is 0 Å². The largest absolute Gasteiger partial charge is 0.456 e. The number of amides is 2. The summed E-state index contributed by atoms with van der Waals surface area (Å²) in [5.41, 5.74) is 1.45. The van der Waals surface area contributed by atoms with Gasteiger partial charge in [-0.15, -0.1) is 0 Å². The van der Waals surface area contributed by atoms with E-state index in [0.29, 0.717) is 5.76 Å². The molecule has 5 heteroatoms. The molecular weight excluding hydrogens is 280 g/mol. The number of furan rings is 1. The standard InChI is InChI=1S/C17H18N2O3/c1-11-10-16(20)18(3)13-6-4-5-7-14(13)19(11)17(21)15-9-8-12(2)22-15/h4-9,11H,10H2,1-3H3/t11-/m1/s1. The van der Waals surface area contributed by atoms with Crippen molar-refractivity contribution in [3.8, 4) is 0 Å². The Labute approximate surface area is 129 Å². The third kappa shape index (κ3) is 2.28. The van der Waals surface area contributed by atoms with Crippen molar-refractivity contribution < 1.29 is 14.0 Å². The number of hydrogen-bond donors (Lipinski definition) is 0. The molecule has 0 bridgehead atoms. The number of para-hydroxylation sites is 2. The number of carbonyl (C=O) groups is 2. The van der Waals surface area contributed by atoms with Crippen LogP contribution in [0, 0.1) is 6.92 Å². The molecule has 0 aliphatic carbocycles. The molecule has 1 aliphatic rings. The predicted molar refractivity (Wildman–Crippen MR) is 84.2 cm³/mol. The lowest BCUT2D eigenvalue weighted by Gasteiger charge is -2.27. The van der Waals surface area contributed by atoms with Crippen molar-refractivity contribution in [1.82, 2.24) is 0 Å². The number of anilines is 2. The van der Waals surface area contributed by atoms with Gasteiger partial charge in [-0.1, -0.05) is 12.1 Å². The molecule has 1 aromatic carbocycles. The van der Waals surface area contributed by atoms with Crippen LogP contribution in [0.5, 0.6) is 0 Å². The zero-order valence-corrected chi connectivity index (χ0v) is 12.9. The van der Waals surface area contributed by atoms with E-state index in [0.717, 1.165) is 11.4 Å². The van der Waals surface area contributed by atoms with Crippen LogP contribution in [-0.4, -0.2) is 24.9 Å². The molecule has 1 aliphatic heterocycles. The zero-order valence-electron chi connectivity index (χ0n) is 12.9. The highest BCUT2D eigenvalue weighted by atomic mass is 16.3. The van der Waals surface area contributed by atoms with Crippen molar-refractivity contribution in [2.45, 2.75) is 26.3 Å². The van der Waals surface area contributed by atoms with E-state index in [-0.39, 0.29) is 30.0 Å². The summed E-state index contributed by atoms with van der Waals surface area (Å²) < 4.78 is 5.47. The molecule has 2 heterocycles. The van der Waals surface area contributed by atoms with Gasteiger partial charge in [0.2, 0.25) is 5.91 Å². The van der Waals surface area contributed by atoms with Gasteiger partial charge in [0.15, 0.2) is 5.76 Å². The summed E-state index contributed by atoms with van der Waals surface area (Å²) in [6, 6.07) is 10.6. The highest BCUT2D eigenvalue weighted by Crippen LogP contribution is 2.35. The zero-order chi connectivity index (χ0) is 15.9. The van der Waals surface area contributed by atoms with Crippen LogP contribution in [0.2, 0.25) is 0 Å². The first-order valence-corrected chi connectivity index (χ1v) is 7.24. The number of rotatable bonds is 1. The third-order valence-corrected chi connectivity index (χ3v) is 3.96. The number of aryl methyl sites for hydroxylation is 1. The number of benzene rings is 1. The molecule has 0 radical (unpaired) electrons. The van der Waals surface area contributed by atoms with Crippen LogP contribution >= 0.6 is 0 Å². The summed E-state index contributed by atoms with van der Waals surface area (Å²) in [4.78, 5) is 28.4. The van der Waals surface area contributed by atoms with E-state index in [1.807, 2.05) is 31.2 Å². The second kappa shape index (κ2) is 5.33. The van der Waals surface area contributed by atoms with Crippen molar-refractivity contribution in [2.75, 3.05) is 16.8 Å². The Morgan fingerprint density at radius 3 is 2.50 bits per heavy atom. The van der Waals surface area contributed by atoms with Crippen molar-refractivity contribution in [2.24, 2.45) is 0 Å². The minimum atomic E-state index is -0.239. The van der Waals surface area contributed by atoms with E-state index in [2.05, 4.69) is 0 Å². The fourth-order valence-corrected chi connectivity index (χ4v) is 2.78. The molecule has 1 aromatic heterocycles. The van der Waals surface area contributed by atoms with Crippen LogP contribution in [0.15, 0.2) is 40.8 Å². The summed E-state index contributed by atoms with van der Waals surface area (Å²) in [5, 5.41) is 0.